The maximum atomic E-state index is 12.4. The first-order valence-corrected chi connectivity index (χ1v) is 7.72. The van der Waals surface area contributed by atoms with Crippen molar-refractivity contribution in [1.29, 1.82) is 0 Å². The monoisotopic (exact) mass is 311 g/mol. The number of esters is 1. The molecule has 4 heteroatoms. The zero-order valence-electron chi connectivity index (χ0n) is 13.4. The fourth-order valence-electron chi connectivity index (χ4n) is 2.28. The summed E-state index contributed by atoms with van der Waals surface area (Å²) in [5.74, 6) is -0.767. The minimum Gasteiger partial charge on any atom is -0.449 e. The van der Waals surface area contributed by atoms with Gasteiger partial charge in [0.25, 0.3) is 5.91 Å². The summed E-state index contributed by atoms with van der Waals surface area (Å²) in [7, 11) is 0. The van der Waals surface area contributed by atoms with Crippen molar-refractivity contribution in [2.45, 2.75) is 26.4 Å². The summed E-state index contributed by atoms with van der Waals surface area (Å²) >= 11 is 0. The van der Waals surface area contributed by atoms with Gasteiger partial charge >= 0.3 is 5.97 Å². The van der Waals surface area contributed by atoms with E-state index in [1.165, 1.54) is 0 Å². The molecule has 0 aliphatic carbocycles. The van der Waals surface area contributed by atoms with E-state index in [9.17, 15) is 9.59 Å². The van der Waals surface area contributed by atoms with Crippen LogP contribution in [0.25, 0.3) is 0 Å². The van der Waals surface area contributed by atoms with Gasteiger partial charge in [-0.05, 0) is 37.5 Å². The predicted octanol–water partition coefficient (Wildman–Crippen LogP) is 2.96. The standard InChI is InChI=1S/C19H21NO3/c1-3-20-18(21)14(2)23-19(22)17-12-8-7-11-16(17)13-15-9-5-4-6-10-15/h4-12,14H,3,13H2,1-2H3,(H,20,21)/t14-/m0/s1. The summed E-state index contributed by atoms with van der Waals surface area (Å²) in [4.78, 5) is 24.1. The number of hydrogen-bond donors (Lipinski definition) is 1. The number of carbonyl (C=O) groups is 2. The Morgan fingerprint density at radius 1 is 1.04 bits per heavy atom. The van der Waals surface area contributed by atoms with Gasteiger partial charge in [-0.15, -0.1) is 0 Å². The first-order valence-electron chi connectivity index (χ1n) is 7.72. The second-order valence-corrected chi connectivity index (χ2v) is 5.26. The third-order valence-electron chi connectivity index (χ3n) is 3.48. The molecule has 0 radical (unpaired) electrons. The Hall–Kier alpha value is -2.62. The summed E-state index contributed by atoms with van der Waals surface area (Å²) < 4.78 is 5.28. The highest BCUT2D eigenvalue weighted by molar-refractivity contribution is 5.93. The molecule has 1 N–H and O–H groups in total. The highest BCUT2D eigenvalue weighted by Crippen LogP contribution is 2.16. The molecule has 23 heavy (non-hydrogen) atoms. The Morgan fingerprint density at radius 3 is 2.39 bits per heavy atom. The van der Waals surface area contributed by atoms with Crippen molar-refractivity contribution in [3.05, 3.63) is 71.3 Å². The molecule has 2 aromatic carbocycles. The van der Waals surface area contributed by atoms with E-state index in [-0.39, 0.29) is 5.91 Å². The van der Waals surface area contributed by atoms with Gasteiger partial charge in [0.15, 0.2) is 6.10 Å². The molecule has 4 nitrogen and oxygen atoms in total. The lowest BCUT2D eigenvalue weighted by molar-refractivity contribution is -0.128. The SMILES string of the molecule is CCNC(=O)[C@H](C)OC(=O)c1ccccc1Cc1ccccc1. The van der Waals surface area contributed by atoms with Crippen LogP contribution in [0, 0.1) is 0 Å². The maximum absolute atomic E-state index is 12.4. The molecule has 0 spiro atoms. The molecule has 2 rings (SSSR count). The van der Waals surface area contributed by atoms with Crippen molar-refractivity contribution >= 4 is 11.9 Å². The van der Waals surface area contributed by atoms with Crippen LogP contribution < -0.4 is 5.32 Å². The van der Waals surface area contributed by atoms with Crippen LogP contribution in [0.5, 0.6) is 0 Å². The third kappa shape index (κ3) is 4.68. The summed E-state index contributed by atoms with van der Waals surface area (Å²) in [6.07, 6.45) is -0.172. The smallest absolute Gasteiger partial charge is 0.339 e. The fourth-order valence-corrected chi connectivity index (χ4v) is 2.28. The van der Waals surface area contributed by atoms with E-state index >= 15 is 0 Å². The van der Waals surface area contributed by atoms with Crippen LogP contribution in [0.1, 0.15) is 35.3 Å². The van der Waals surface area contributed by atoms with Gasteiger partial charge in [0.2, 0.25) is 0 Å². The van der Waals surface area contributed by atoms with Crippen LogP contribution in [0.2, 0.25) is 0 Å². The van der Waals surface area contributed by atoms with Crippen LogP contribution in [-0.2, 0) is 16.0 Å². The number of benzene rings is 2. The van der Waals surface area contributed by atoms with Crippen molar-refractivity contribution in [3.8, 4) is 0 Å². The minimum atomic E-state index is -0.813. The summed E-state index contributed by atoms with van der Waals surface area (Å²) in [5, 5.41) is 2.64. The molecule has 0 aliphatic heterocycles. The van der Waals surface area contributed by atoms with Crippen molar-refractivity contribution < 1.29 is 14.3 Å². The number of likely N-dealkylation sites (N-methyl/N-ethyl adjacent to an activating group) is 1. The summed E-state index contributed by atoms with van der Waals surface area (Å²) in [6.45, 7) is 3.90. The second kappa shape index (κ2) is 8.13. The maximum Gasteiger partial charge on any atom is 0.339 e. The Bertz CT molecular complexity index is 667. The lowest BCUT2D eigenvalue weighted by atomic mass is 10.00. The van der Waals surface area contributed by atoms with Gasteiger partial charge in [-0.25, -0.2) is 4.79 Å². The first-order chi connectivity index (χ1) is 11.1. The zero-order chi connectivity index (χ0) is 16.7. The largest absolute Gasteiger partial charge is 0.449 e. The van der Waals surface area contributed by atoms with Gasteiger partial charge < -0.3 is 10.1 Å². The van der Waals surface area contributed by atoms with Crippen LogP contribution in [0.4, 0.5) is 0 Å². The molecule has 0 heterocycles. The van der Waals surface area contributed by atoms with Gasteiger partial charge in [-0.3, -0.25) is 4.79 Å². The molecular weight excluding hydrogens is 290 g/mol. The van der Waals surface area contributed by atoms with Crippen LogP contribution in [0.3, 0.4) is 0 Å². The molecule has 120 valence electrons. The fraction of sp³-hybridized carbons (Fsp3) is 0.263. The van der Waals surface area contributed by atoms with E-state index in [0.29, 0.717) is 18.5 Å². The van der Waals surface area contributed by atoms with E-state index in [1.807, 2.05) is 49.4 Å². The van der Waals surface area contributed by atoms with E-state index in [4.69, 9.17) is 4.74 Å². The molecule has 1 amide bonds. The molecule has 0 saturated carbocycles. The first kappa shape index (κ1) is 16.7. The minimum absolute atomic E-state index is 0.290. The van der Waals surface area contributed by atoms with E-state index in [2.05, 4.69) is 5.32 Å². The van der Waals surface area contributed by atoms with Gasteiger partial charge in [0.05, 0.1) is 5.56 Å². The highest BCUT2D eigenvalue weighted by Gasteiger charge is 2.20. The molecule has 0 bridgehead atoms. The Kier molecular flexibility index (Phi) is 5.92. The number of ether oxygens (including phenoxy) is 1. The van der Waals surface area contributed by atoms with E-state index < -0.39 is 12.1 Å². The topological polar surface area (TPSA) is 55.4 Å². The molecule has 0 fully saturated rings. The number of carbonyl (C=O) groups excluding carboxylic acids is 2. The number of amides is 1. The average molecular weight is 311 g/mol. The normalized spacial score (nSPS) is 11.6. The Labute approximate surface area is 136 Å². The van der Waals surface area contributed by atoms with Crippen LogP contribution >= 0.6 is 0 Å². The van der Waals surface area contributed by atoms with Crippen molar-refractivity contribution in [1.82, 2.24) is 5.32 Å². The van der Waals surface area contributed by atoms with Crippen molar-refractivity contribution in [3.63, 3.8) is 0 Å². The predicted molar refractivity (Wildman–Crippen MR) is 89.3 cm³/mol. The number of nitrogens with one attached hydrogen (secondary N) is 1. The number of rotatable bonds is 6. The second-order valence-electron chi connectivity index (χ2n) is 5.26. The molecule has 0 unspecified atom stereocenters. The quantitative estimate of drug-likeness (QED) is 0.835. The van der Waals surface area contributed by atoms with Crippen molar-refractivity contribution in [2.75, 3.05) is 6.54 Å². The molecular formula is C19H21NO3. The van der Waals surface area contributed by atoms with Crippen LogP contribution in [0.15, 0.2) is 54.6 Å². The Balaban J connectivity index is 2.13. The number of hydrogen-bond acceptors (Lipinski definition) is 3. The highest BCUT2D eigenvalue weighted by atomic mass is 16.5. The van der Waals surface area contributed by atoms with Crippen LogP contribution in [-0.4, -0.2) is 24.5 Å². The van der Waals surface area contributed by atoms with Gasteiger partial charge in [0, 0.05) is 6.54 Å². The molecule has 1 atom stereocenters. The van der Waals surface area contributed by atoms with Gasteiger partial charge in [0.1, 0.15) is 0 Å². The third-order valence-corrected chi connectivity index (χ3v) is 3.48. The van der Waals surface area contributed by atoms with Crippen molar-refractivity contribution in [2.24, 2.45) is 0 Å². The van der Waals surface area contributed by atoms with E-state index in [1.54, 1.807) is 19.1 Å². The zero-order valence-corrected chi connectivity index (χ0v) is 13.4. The molecule has 0 aliphatic rings. The van der Waals surface area contributed by atoms with E-state index in [0.717, 1.165) is 11.1 Å². The molecule has 2 aromatic rings. The molecule has 0 aromatic heterocycles. The Morgan fingerprint density at radius 2 is 1.70 bits per heavy atom. The summed E-state index contributed by atoms with van der Waals surface area (Å²) in [6, 6.07) is 17.2. The lowest BCUT2D eigenvalue weighted by Crippen LogP contribution is -2.35. The molecule has 0 saturated heterocycles. The lowest BCUT2D eigenvalue weighted by Gasteiger charge is -2.14. The van der Waals surface area contributed by atoms with Gasteiger partial charge in [-0.1, -0.05) is 48.5 Å². The average Bonchev–Trinajstić information content (AvgIpc) is 2.56. The summed E-state index contributed by atoms with van der Waals surface area (Å²) in [5.41, 5.74) is 2.49. The van der Waals surface area contributed by atoms with Gasteiger partial charge in [-0.2, -0.15) is 0 Å².